The minimum atomic E-state index is -0.412. The molecule has 1 unspecified atom stereocenters. The third-order valence-electron chi connectivity index (χ3n) is 1.50. The Hall–Kier alpha value is -0.750. The number of hydrogen-bond acceptors (Lipinski definition) is 5. The zero-order valence-corrected chi connectivity index (χ0v) is 7.04. The van der Waals surface area contributed by atoms with Crippen molar-refractivity contribution in [3.63, 3.8) is 0 Å². The normalized spacial score (nSPS) is 23.1. The Labute approximate surface area is 75.8 Å². The summed E-state index contributed by atoms with van der Waals surface area (Å²) < 4.78 is 0. The van der Waals surface area contributed by atoms with E-state index >= 15 is 0 Å². The molecular formula is C7H8N3OS-. The Bertz CT molecular complexity index is 256. The van der Waals surface area contributed by atoms with E-state index < -0.39 is 5.56 Å². The molecule has 1 aliphatic heterocycles. The Morgan fingerprint density at radius 2 is 2.08 bits per heavy atom. The van der Waals surface area contributed by atoms with Gasteiger partial charge in [-0.1, -0.05) is 23.8 Å². The van der Waals surface area contributed by atoms with Gasteiger partial charge in [-0.15, -0.1) is 0 Å². The molecule has 5 heteroatoms. The first kappa shape index (κ1) is 7.88. The topological polar surface area (TPSA) is 36.5 Å². The second-order valence-corrected chi connectivity index (χ2v) is 2.77. The van der Waals surface area contributed by atoms with Crippen LogP contribution in [0.3, 0.4) is 0 Å². The molecule has 4 nitrogen and oxygen atoms in total. The van der Waals surface area contributed by atoms with Crippen LogP contribution in [0.4, 0.5) is 5.69 Å². The number of para-hydroxylation sites is 1. The van der Waals surface area contributed by atoms with Crippen molar-refractivity contribution in [2.75, 3.05) is 5.12 Å². The molecule has 0 saturated carbocycles. The molecule has 0 spiro atoms. The third-order valence-corrected chi connectivity index (χ3v) is 1.70. The van der Waals surface area contributed by atoms with E-state index in [1.165, 1.54) is 0 Å². The first-order chi connectivity index (χ1) is 5.86. The number of nitrogens with zero attached hydrogens (tertiary/aromatic N) is 1. The molecule has 0 aromatic heterocycles. The molecule has 0 amide bonds. The van der Waals surface area contributed by atoms with E-state index in [0.717, 1.165) is 5.69 Å². The van der Waals surface area contributed by atoms with Crippen LogP contribution < -0.4 is 16.1 Å². The lowest BCUT2D eigenvalue weighted by Crippen LogP contribution is -2.39. The van der Waals surface area contributed by atoms with Gasteiger partial charge in [0, 0.05) is 5.56 Å². The lowest BCUT2D eigenvalue weighted by atomic mass is 10.3. The van der Waals surface area contributed by atoms with Gasteiger partial charge < -0.3 is 12.6 Å². The van der Waals surface area contributed by atoms with E-state index in [0.29, 0.717) is 0 Å². The molecule has 64 valence electrons. The molecule has 0 aliphatic carbocycles. The quantitative estimate of drug-likeness (QED) is 0.610. The first-order valence-corrected chi connectivity index (χ1v) is 4.02. The average Bonchev–Trinajstić information content (AvgIpc) is 2.54. The van der Waals surface area contributed by atoms with Crippen molar-refractivity contribution in [2.45, 2.75) is 5.56 Å². The Morgan fingerprint density at radius 1 is 1.33 bits per heavy atom. The predicted octanol–water partition coefficient (Wildman–Crippen LogP) is 0.278. The summed E-state index contributed by atoms with van der Waals surface area (Å²) in [7, 11) is 0. The summed E-state index contributed by atoms with van der Waals surface area (Å²) in [6.07, 6.45) is 0. The Balaban J connectivity index is 2.11. The summed E-state index contributed by atoms with van der Waals surface area (Å²) in [4.78, 5) is 4.90. The van der Waals surface area contributed by atoms with Gasteiger partial charge in [-0.2, -0.15) is 0 Å². The van der Waals surface area contributed by atoms with Crippen LogP contribution in [-0.4, -0.2) is 5.56 Å². The molecule has 0 radical (unpaired) electrons. The second kappa shape index (κ2) is 3.32. The lowest BCUT2D eigenvalue weighted by molar-refractivity contribution is 0.0764. The van der Waals surface area contributed by atoms with Crippen molar-refractivity contribution in [3.05, 3.63) is 30.3 Å². The fraction of sp³-hybridized carbons (Fsp3) is 0.143. The number of hydrogen-bond donors (Lipinski definition) is 2. The van der Waals surface area contributed by atoms with Gasteiger partial charge in [0.05, 0.1) is 5.69 Å². The highest BCUT2D eigenvalue weighted by atomic mass is 32.1. The summed E-state index contributed by atoms with van der Waals surface area (Å²) in [5, 5.41) is 1.64. The van der Waals surface area contributed by atoms with Crippen molar-refractivity contribution in [1.29, 1.82) is 0 Å². The maximum atomic E-state index is 4.90. The highest BCUT2D eigenvalue weighted by molar-refractivity contribution is 7.59. The molecule has 1 aromatic rings. The van der Waals surface area contributed by atoms with Crippen molar-refractivity contribution in [2.24, 2.45) is 0 Å². The second-order valence-electron chi connectivity index (χ2n) is 2.34. The van der Waals surface area contributed by atoms with Crippen molar-refractivity contribution < 1.29 is 4.84 Å². The smallest absolute Gasteiger partial charge is 0.0725 e. The molecule has 1 heterocycles. The summed E-state index contributed by atoms with van der Waals surface area (Å²) in [5.74, 6) is 0. The van der Waals surface area contributed by atoms with Crippen LogP contribution in [0.15, 0.2) is 30.3 Å². The van der Waals surface area contributed by atoms with Gasteiger partial charge >= 0.3 is 0 Å². The Morgan fingerprint density at radius 3 is 2.67 bits per heavy atom. The summed E-state index contributed by atoms with van der Waals surface area (Å²) in [5.41, 5.74) is 6.08. The van der Waals surface area contributed by atoms with Crippen LogP contribution in [0.5, 0.6) is 0 Å². The number of anilines is 1. The molecule has 1 aromatic carbocycles. The Kier molecular flexibility index (Phi) is 2.18. The van der Waals surface area contributed by atoms with Crippen molar-refractivity contribution in [1.82, 2.24) is 11.0 Å². The van der Waals surface area contributed by atoms with Gasteiger partial charge in [0.25, 0.3) is 0 Å². The average molecular weight is 182 g/mol. The minimum absolute atomic E-state index is 0.412. The predicted molar refractivity (Wildman–Crippen MR) is 47.4 cm³/mol. The largest absolute Gasteiger partial charge is 0.741 e. The van der Waals surface area contributed by atoms with Crippen LogP contribution >= 0.6 is 0 Å². The molecule has 12 heavy (non-hydrogen) atoms. The maximum Gasteiger partial charge on any atom is 0.0725 e. The lowest BCUT2D eigenvalue weighted by Gasteiger charge is -2.17. The van der Waals surface area contributed by atoms with E-state index in [1.807, 2.05) is 30.3 Å². The van der Waals surface area contributed by atoms with Crippen LogP contribution in [0.1, 0.15) is 0 Å². The zero-order valence-electron chi connectivity index (χ0n) is 6.23. The molecule has 1 atom stereocenters. The molecule has 1 saturated heterocycles. The van der Waals surface area contributed by atoms with Gasteiger partial charge in [-0.3, -0.25) is 4.84 Å². The van der Waals surface area contributed by atoms with E-state index in [2.05, 4.69) is 11.0 Å². The van der Waals surface area contributed by atoms with Crippen LogP contribution in [-0.2, 0) is 17.5 Å². The van der Waals surface area contributed by atoms with Crippen LogP contribution in [0.2, 0.25) is 0 Å². The van der Waals surface area contributed by atoms with E-state index in [9.17, 15) is 0 Å². The van der Waals surface area contributed by atoms with E-state index in [1.54, 1.807) is 5.12 Å². The minimum Gasteiger partial charge on any atom is -0.741 e. The van der Waals surface area contributed by atoms with Crippen LogP contribution in [0.25, 0.3) is 0 Å². The number of benzene rings is 1. The molecule has 1 fully saturated rings. The molecule has 2 N–H and O–H groups in total. The van der Waals surface area contributed by atoms with Crippen molar-refractivity contribution >= 4 is 18.3 Å². The highest BCUT2D eigenvalue weighted by Crippen LogP contribution is 2.11. The van der Waals surface area contributed by atoms with Crippen LogP contribution in [0, 0.1) is 0 Å². The maximum absolute atomic E-state index is 4.90. The molecule has 0 bridgehead atoms. The highest BCUT2D eigenvalue weighted by Gasteiger charge is 2.12. The van der Waals surface area contributed by atoms with Gasteiger partial charge in [0.2, 0.25) is 0 Å². The summed E-state index contributed by atoms with van der Waals surface area (Å²) in [6.45, 7) is 0. The zero-order chi connectivity index (χ0) is 8.39. The summed E-state index contributed by atoms with van der Waals surface area (Å²) in [6, 6.07) is 9.71. The molecular weight excluding hydrogens is 174 g/mol. The van der Waals surface area contributed by atoms with Gasteiger partial charge in [-0.05, 0) is 12.1 Å². The van der Waals surface area contributed by atoms with Gasteiger partial charge in [0.15, 0.2) is 0 Å². The number of rotatable bonds is 1. The monoisotopic (exact) mass is 182 g/mol. The van der Waals surface area contributed by atoms with Gasteiger partial charge in [0.1, 0.15) is 0 Å². The SMILES string of the molecule is [S-]C1NN(c2ccccc2)NO1. The van der Waals surface area contributed by atoms with Gasteiger partial charge in [-0.25, -0.2) is 10.5 Å². The first-order valence-electron chi connectivity index (χ1n) is 3.55. The number of nitrogens with one attached hydrogen (secondary N) is 2. The fourth-order valence-electron chi connectivity index (χ4n) is 0.963. The molecule has 2 rings (SSSR count). The van der Waals surface area contributed by atoms with E-state index in [-0.39, 0.29) is 0 Å². The van der Waals surface area contributed by atoms with E-state index in [4.69, 9.17) is 17.5 Å². The van der Waals surface area contributed by atoms with Crippen molar-refractivity contribution in [3.8, 4) is 0 Å². The standard InChI is InChI=1S/C7H9N3OS/c12-7-8-10(9-11-7)6-4-2-1-3-5-6/h1-5,7-9,12H/p-1. The third kappa shape index (κ3) is 1.54. The fourth-order valence-corrected chi connectivity index (χ4v) is 1.11. The number of hydrazine groups is 2. The molecule has 1 aliphatic rings. The summed E-state index contributed by atoms with van der Waals surface area (Å²) >= 11 is 4.84.